The summed E-state index contributed by atoms with van der Waals surface area (Å²) in [5, 5.41) is -0.876. The van der Waals surface area contributed by atoms with E-state index in [1.807, 2.05) is 0 Å². The van der Waals surface area contributed by atoms with E-state index in [2.05, 4.69) is 15.9 Å². The first kappa shape index (κ1) is 9.87. The van der Waals surface area contributed by atoms with Crippen molar-refractivity contribution < 1.29 is 22.0 Å². The fourth-order valence-corrected chi connectivity index (χ4v) is 0.763. The van der Waals surface area contributed by atoms with Crippen molar-refractivity contribution in [1.29, 1.82) is 0 Å². The second kappa shape index (κ2) is 3.32. The molecule has 10 heavy (non-hydrogen) atoms. The Kier molecular flexibility index (Phi) is 3.27. The minimum Gasteiger partial charge on any atom is -0.173 e. The van der Waals surface area contributed by atoms with Gasteiger partial charge in [0.1, 0.15) is 5.57 Å². The highest BCUT2D eigenvalue weighted by atomic mass is 79.9. The van der Waals surface area contributed by atoms with E-state index in [0.717, 1.165) is 0 Å². The third kappa shape index (κ3) is 2.64. The van der Waals surface area contributed by atoms with Gasteiger partial charge in [0.2, 0.25) is 0 Å². The molecule has 0 aromatic carbocycles. The lowest BCUT2D eigenvalue weighted by molar-refractivity contribution is -0.0940. The second-order valence-electron chi connectivity index (χ2n) is 1.37. The number of allylic oxidation sites excluding steroid dienone is 1. The predicted molar refractivity (Wildman–Crippen MR) is 29.1 cm³/mol. The van der Waals surface area contributed by atoms with E-state index in [-0.39, 0.29) is 0 Å². The van der Waals surface area contributed by atoms with Gasteiger partial charge in [-0.1, -0.05) is 15.9 Å². The first-order chi connectivity index (χ1) is 4.39. The summed E-state index contributed by atoms with van der Waals surface area (Å²) >= 11 is 2.29. The molecule has 0 amide bonds. The first-order valence-corrected chi connectivity index (χ1v) is 3.19. The minimum absolute atomic E-state index is 0.876. The fourth-order valence-electron chi connectivity index (χ4n) is 0.233. The average molecular weight is 225 g/mol. The Morgan fingerprint density at radius 2 is 1.60 bits per heavy atom. The lowest BCUT2D eigenvalue weighted by atomic mass is 10.3. The van der Waals surface area contributed by atoms with Crippen LogP contribution in [0.1, 0.15) is 0 Å². The molecule has 0 unspecified atom stereocenters. The highest BCUT2D eigenvalue weighted by molar-refractivity contribution is 9.09. The third-order valence-corrected chi connectivity index (χ3v) is 1.26. The lowest BCUT2D eigenvalue weighted by Gasteiger charge is -2.05. The van der Waals surface area contributed by atoms with Gasteiger partial charge in [0.25, 0.3) is 6.08 Å². The summed E-state index contributed by atoms with van der Waals surface area (Å²) in [5.41, 5.74) is -1.83. The molecule has 0 fully saturated rings. The number of hydrogen-bond acceptors (Lipinski definition) is 0. The zero-order chi connectivity index (χ0) is 8.36. The smallest absolute Gasteiger partial charge is 0.173 e. The standard InChI is InChI=1S/C4H2BrF5/c5-1-2(3(6)7)4(8,9)10/h1H2. The van der Waals surface area contributed by atoms with E-state index < -0.39 is 23.2 Å². The number of hydrogen-bond donors (Lipinski definition) is 0. The van der Waals surface area contributed by atoms with Crippen molar-refractivity contribution in [2.45, 2.75) is 6.18 Å². The molecule has 0 aromatic heterocycles. The van der Waals surface area contributed by atoms with E-state index in [0.29, 0.717) is 0 Å². The van der Waals surface area contributed by atoms with E-state index in [9.17, 15) is 22.0 Å². The van der Waals surface area contributed by atoms with Crippen LogP contribution >= 0.6 is 15.9 Å². The molecule has 0 atom stereocenters. The molecular formula is C4H2BrF5. The Bertz CT molecular complexity index is 142. The molecule has 0 aliphatic carbocycles. The summed E-state index contributed by atoms with van der Waals surface area (Å²) in [4.78, 5) is 0. The molecule has 0 heterocycles. The molecule has 0 saturated carbocycles. The van der Waals surface area contributed by atoms with Crippen molar-refractivity contribution >= 4 is 15.9 Å². The average Bonchev–Trinajstić information content (AvgIpc) is 1.60. The van der Waals surface area contributed by atoms with Crippen molar-refractivity contribution in [1.82, 2.24) is 0 Å². The van der Waals surface area contributed by atoms with Crippen LogP contribution in [0.3, 0.4) is 0 Å². The molecule has 0 saturated heterocycles. The molecule has 0 aliphatic heterocycles. The van der Waals surface area contributed by atoms with Crippen LogP contribution in [-0.4, -0.2) is 11.5 Å². The molecule has 0 N–H and O–H groups in total. The van der Waals surface area contributed by atoms with Crippen LogP contribution < -0.4 is 0 Å². The van der Waals surface area contributed by atoms with Gasteiger partial charge in [-0.2, -0.15) is 22.0 Å². The summed E-state index contributed by atoms with van der Waals surface area (Å²) in [6.07, 6.45) is -7.62. The minimum atomic E-state index is -4.93. The van der Waals surface area contributed by atoms with Gasteiger partial charge in [0, 0.05) is 5.33 Å². The summed E-state index contributed by atoms with van der Waals surface area (Å²) in [5.74, 6) is 0. The monoisotopic (exact) mass is 224 g/mol. The highest BCUT2D eigenvalue weighted by Gasteiger charge is 2.36. The van der Waals surface area contributed by atoms with Crippen LogP contribution in [0.25, 0.3) is 0 Å². The molecule has 60 valence electrons. The lowest BCUT2D eigenvalue weighted by Crippen LogP contribution is -2.13. The largest absolute Gasteiger partial charge is 0.418 e. The Balaban J connectivity index is 4.55. The molecule has 0 bridgehead atoms. The van der Waals surface area contributed by atoms with Gasteiger partial charge in [-0.25, -0.2) is 0 Å². The van der Waals surface area contributed by atoms with Gasteiger partial charge >= 0.3 is 6.18 Å². The Hall–Kier alpha value is -0.130. The molecule has 0 nitrogen and oxygen atoms in total. The highest BCUT2D eigenvalue weighted by Crippen LogP contribution is 2.30. The van der Waals surface area contributed by atoms with Crippen molar-refractivity contribution in [3.05, 3.63) is 11.7 Å². The van der Waals surface area contributed by atoms with E-state index in [1.54, 1.807) is 0 Å². The number of rotatable bonds is 1. The molecule has 0 radical (unpaired) electrons. The molecular weight excluding hydrogens is 223 g/mol. The SMILES string of the molecule is FC(F)=C(CBr)C(F)(F)F. The quantitative estimate of drug-likeness (QED) is 0.475. The van der Waals surface area contributed by atoms with E-state index in [1.165, 1.54) is 0 Å². The third-order valence-electron chi connectivity index (χ3n) is 0.704. The Morgan fingerprint density at radius 3 is 1.60 bits per heavy atom. The maximum atomic E-state index is 11.4. The van der Waals surface area contributed by atoms with Crippen molar-refractivity contribution in [3.63, 3.8) is 0 Å². The second-order valence-corrected chi connectivity index (χ2v) is 1.93. The Labute approximate surface area is 61.8 Å². The van der Waals surface area contributed by atoms with Gasteiger partial charge in [-0.15, -0.1) is 0 Å². The normalized spacial score (nSPS) is 11.4. The van der Waals surface area contributed by atoms with Gasteiger partial charge in [-0.05, 0) is 0 Å². The topological polar surface area (TPSA) is 0 Å². The van der Waals surface area contributed by atoms with Crippen LogP contribution in [0.4, 0.5) is 22.0 Å². The maximum absolute atomic E-state index is 11.4. The van der Waals surface area contributed by atoms with Gasteiger partial charge in [0.15, 0.2) is 0 Å². The summed E-state index contributed by atoms with van der Waals surface area (Å²) in [6.45, 7) is 0. The molecule has 0 aromatic rings. The van der Waals surface area contributed by atoms with Crippen molar-refractivity contribution in [2.24, 2.45) is 0 Å². The molecule has 0 rings (SSSR count). The fraction of sp³-hybridized carbons (Fsp3) is 0.500. The molecule has 6 heteroatoms. The van der Waals surface area contributed by atoms with Crippen LogP contribution in [0.5, 0.6) is 0 Å². The van der Waals surface area contributed by atoms with E-state index in [4.69, 9.17) is 0 Å². The summed E-state index contributed by atoms with van der Waals surface area (Å²) < 4.78 is 56.9. The zero-order valence-corrected chi connectivity index (χ0v) is 6.06. The predicted octanol–water partition coefficient (Wildman–Crippen LogP) is 3.09. The van der Waals surface area contributed by atoms with Crippen LogP contribution in [-0.2, 0) is 0 Å². The van der Waals surface area contributed by atoms with Crippen LogP contribution in [0.2, 0.25) is 0 Å². The van der Waals surface area contributed by atoms with Gasteiger partial charge in [-0.3, -0.25) is 0 Å². The molecule has 0 spiro atoms. The van der Waals surface area contributed by atoms with Gasteiger partial charge in [0.05, 0.1) is 0 Å². The maximum Gasteiger partial charge on any atom is 0.418 e. The number of alkyl halides is 4. The summed E-state index contributed by atoms with van der Waals surface area (Å²) in [7, 11) is 0. The van der Waals surface area contributed by atoms with Crippen molar-refractivity contribution in [2.75, 3.05) is 5.33 Å². The first-order valence-electron chi connectivity index (χ1n) is 2.07. The van der Waals surface area contributed by atoms with Crippen LogP contribution in [0, 0.1) is 0 Å². The van der Waals surface area contributed by atoms with Crippen LogP contribution in [0.15, 0.2) is 11.7 Å². The zero-order valence-electron chi connectivity index (χ0n) is 4.47. The van der Waals surface area contributed by atoms with Crippen molar-refractivity contribution in [3.8, 4) is 0 Å². The summed E-state index contributed by atoms with van der Waals surface area (Å²) in [6, 6.07) is 0. The van der Waals surface area contributed by atoms with E-state index >= 15 is 0 Å². The Morgan fingerprint density at radius 1 is 1.20 bits per heavy atom. The van der Waals surface area contributed by atoms with Gasteiger partial charge < -0.3 is 0 Å². The molecule has 0 aliphatic rings. The number of halogens is 6.